The predicted octanol–water partition coefficient (Wildman–Crippen LogP) is 3.73. The van der Waals surface area contributed by atoms with Gasteiger partial charge in [0, 0.05) is 5.69 Å². The highest BCUT2D eigenvalue weighted by Gasteiger charge is 1.93. The van der Waals surface area contributed by atoms with Gasteiger partial charge in [0.2, 0.25) is 0 Å². The van der Waals surface area contributed by atoms with Gasteiger partial charge in [-0.05, 0) is 48.5 Å². The lowest BCUT2D eigenvalue weighted by Crippen LogP contribution is -1.90. The van der Waals surface area contributed by atoms with Crippen LogP contribution in [-0.2, 0) is 6.42 Å². The topological polar surface area (TPSA) is 26.0 Å². The number of nitrogen functional groups attached to an aromatic ring is 1. The Morgan fingerprint density at radius 1 is 1.07 bits per heavy atom. The molecule has 0 aliphatic carbocycles. The van der Waals surface area contributed by atoms with E-state index in [0.717, 1.165) is 5.69 Å². The van der Waals surface area contributed by atoms with Crippen molar-refractivity contribution in [1.29, 1.82) is 0 Å². The van der Waals surface area contributed by atoms with Gasteiger partial charge in [0.15, 0.2) is 0 Å². The second kappa shape index (κ2) is 7.63. The molecule has 1 rings (SSSR count). The third kappa shape index (κ3) is 5.73. The maximum atomic E-state index is 5.63. The van der Waals surface area contributed by atoms with E-state index >= 15 is 0 Å². The van der Waals surface area contributed by atoms with Crippen molar-refractivity contribution in [3.63, 3.8) is 0 Å². The maximum Gasteiger partial charge on any atom is 0.0314 e. The highest BCUT2D eigenvalue weighted by atomic mass is 32.2. The van der Waals surface area contributed by atoms with Gasteiger partial charge in [-0.1, -0.05) is 25.5 Å². The molecule has 0 aliphatic heterocycles. The van der Waals surface area contributed by atoms with Crippen molar-refractivity contribution in [2.45, 2.75) is 32.6 Å². The first kappa shape index (κ1) is 12.4. The molecule has 0 aromatic heterocycles. The zero-order chi connectivity index (χ0) is 10.9. The number of thioether (sulfide) groups is 1. The number of hydrogen-bond donors (Lipinski definition) is 1. The molecule has 0 atom stereocenters. The molecule has 0 amide bonds. The Hall–Kier alpha value is -0.630. The Morgan fingerprint density at radius 3 is 2.40 bits per heavy atom. The summed E-state index contributed by atoms with van der Waals surface area (Å²) in [7, 11) is 0. The number of hydrogen-bond acceptors (Lipinski definition) is 2. The van der Waals surface area contributed by atoms with E-state index < -0.39 is 0 Å². The molecule has 0 spiro atoms. The van der Waals surface area contributed by atoms with Gasteiger partial charge in [0.25, 0.3) is 0 Å². The zero-order valence-electron chi connectivity index (χ0n) is 9.54. The van der Waals surface area contributed by atoms with Crippen LogP contribution in [0.5, 0.6) is 0 Å². The van der Waals surface area contributed by atoms with Gasteiger partial charge < -0.3 is 5.73 Å². The van der Waals surface area contributed by atoms with Gasteiger partial charge in [0.1, 0.15) is 0 Å². The van der Waals surface area contributed by atoms with Crippen molar-refractivity contribution in [3.8, 4) is 0 Å². The largest absolute Gasteiger partial charge is 0.399 e. The molecular formula is C13H21NS. The standard InChI is InChI=1S/C13H21NS/c1-2-3-10-15-11-4-5-12-6-8-13(14)9-7-12/h6-9H,2-5,10-11,14H2,1H3. The SMILES string of the molecule is CCCCSCCCc1ccc(N)cc1. The number of unbranched alkanes of at least 4 members (excludes halogenated alkanes) is 1. The van der Waals surface area contributed by atoms with Crippen LogP contribution >= 0.6 is 11.8 Å². The number of nitrogens with two attached hydrogens (primary N) is 1. The maximum absolute atomic E-state index is 5.63. The quantitative estimate of drug-likeness (QED) is 0.563. The van der Waals surface area contributed by atoms with E-state index in [2.05, 4.69) is 30.8 Å². The zero-order valence-corrected chi connectivity index (χ0v) is 10.4. The molecule has 0 saturated heterocycles. The average Bonchev–Trinajstić information content (AvgIpc) is 2.26. The van der Waals surface area contributed by atoms with Crippen LogP contribution in [-0.4, -0.2) is 11.5 Å². The van der Waals surface area contributed by atoms with Gasteiger partial charge >= 0.3 is 0 Å². The van der Waals surface area contributed by atoms with Crippen molar-refractivity contribution >= 4 is 17.4 Å². The van der Waals surface area contributed by atoms with Crippen LogP contribution in [0.2, 0.25) is 0 Å². The van der Waals surface area contributed by atoms with Crippen molar-refractivity contribution < 1.29 is 0 Å². The lowest BCUT2D eigenvalue weighted by Gasteiger charge is -2.02. The highest BCUT2D eigenvalue weighted by molar-refractivity contribution is 7.99. The lowest BCUT2D eigenvalue weighted by atomic mass is 10.1. The minimum absolute atomic E-state index is 0.857. The van der Waals surface area contributed by atoms with Crippen LogP contribution in [0.4, 0.5) is 5.69 Å². The van der Waals surface area contributed by atoms with E-state index in [9.17, 15) is 0 Å². The van der Waals surface area contributed by atoms with Gasteiger partial charge in [-0.15, -0.1) is 0 Å². The highest BCUT2D eigenvalue weighted by Crippen LogP contribution is 2.11. The third-order valence-corrected chi connectivity index (χ3v) is 3.53. The van der Waals surface area contributed by atoms with Crippen LogP contribution in [0.1, 0.15) is 31.7 Å². The minimum Gasteiger partial charge on any atom is -0.399 e. The number of benzene rings is 1. The van der Waals surface area contributed by atoms with Crippen LogP contribution < -0.4 is 5.73 Å². The molecule has 1 aromatic rings. The molecule has 0 aliphatic rings. The first-order valence-corrected chi connectivity index (χ1v) is 6.90. The molecule has 2 heteroatoms. The van der Waals surface area contributed by atoms with Gasteiger partial charge in [-0.2, -0.15) is 11.8 Å². The summed E-state index contributed by atoms with van der Waals surface area (Å²) in [5.41, 5.74) is 7.89. The first-order chi connectivity index (χ1) is 7.33. The fourth-order valence-corrected chi connectivity index (χ4v) is 2.46. The van der Waals surface area contributed by atoms with Crippen molar-refractivity contribution in [3.05, 3.63) is 29.8 Å². The molecule has 1 aromatic carbocycles. The lowest BCUT2D eigenvalue weighted by molar-refractivity contribution is 0.889. The van der Waals surface area contributed by atoms with E-state index in [1.165, 1.54) is 42.8 Å². The molecule has 0 heterocycles. The molecule has 0 unspecified atom stereocenters. The summed E-state index contributed by atoms with van der Waals surface area (Å²) in [6.07, 6.45) is 5.12. The van der Waals surface area contributed by atoms with Gasteiger partial charge in [-0.3, -0.25) is 0 Å². The summed E-state index contributed by atoms with van der Waals surface area (Å²) < 4.78 is 0. The predicted molar refractivity (Wildman–Crippen MR) is 71.4 cm³/mol. The van der Waals surface area contributed by atoms with Gasteiger partial charge in [0.05, 0.1) is 0 Å². The van der Waals surface area contributed by atoms with E-state index in [-0.39, 0.29) is 0 Å². The molecule has 0 bridgehead atoms. The van der Waals surface area contributed by atoms with Crippen LogP contribution in [0.25, 0.3) is 0 Å². The molecular weight excluding hydrogens is 202 g/mol. The average molecular weight is 223 g/mol. The third-order valence-electron chi connectivity index (χ3n) is 2.38. The van der Waals surface area contributed by atoms with Crippen LogP contribution in [0.3, 0.4) is 0 Å². The summed E-state index contributed by atoms with van der Waals surface area (Å²) >= 11 is 2.08. The summed E-state index contributed by atoms with van der Waals surface area (Å²) in [6, 6.07) is 8.23. The molecule has 0 saturated carbocycles. The van der Waals surface area contributed by atoms with Crippen molar-refractivity contribution in [1.82, 2.24) is 0 Å². The second-order valence-corrected chi connectivity index (χ2v) is 5.04. The first-order valence-electron chi connectivity index (χ1n) is 5.75. The molecule has 2 N–H and O–H groups in total. The minimum atomic E-state index is 0.857. The summed E-state index contributed by atoms with van der Waals surface area (Å²) in [4.78, 5) is 0. The molecule has 0 fully saturated rings. The van der Waals surface area contributed by atoms with Crippen molar-refractivity contribution in [2.75, 3.05) is 17.2 Å². The van der Waals surface area contributed by atoms with Crippen LogP contribution in [0, 0.1) is 0 Å². The number of anilines is 1. The van der Waals surface area contributed by atoms with E-state index in [4.69, 9.17) is 5.73 Å². The Kier molecular flexibility index (Phi) is 6.33. The smallest absolute Gasteiger partial charge is 0.0314 e. The van der Waals surface area contributed by atoms with Crippen molar-refractivity contribution in [2.24, 2.45) is 0 Å². The molecule has 0 radical (unpaired) electrons. The number of aryl methyl sites for hydroxylation is 1. The van der Waals surface area contributed by atoms with E-state index in [0.29, 0.717) is 0 Å². The Balaban J connectivity index is 2.07. The Labute approximate surface area is 97.4 Å². The second-order valence-electron chi connectivity index (χ2n) is 3.81. The molecule has 84 valence electrons. The monoisotopic (exact) mass is 223 g/mol. The van der Waals surface area contributed by atoms with Gasteiger partial charge in [-0.25, -0.2) is 0 Å². The van der Waals surface area contributed by atoms with E-state index in [1.807, 2.05) is 12.1 Å². The molecule has 1 nitrogen and oxygen atoms in total. The Bertz CT molecular complexity index is 256. The summed E-state index contributed by atoms with van der Waals surface area (Å²) in [5.74, 6) is 2.60. The fraction of sp³-hybridized carbons (Fsp3) is 0.538. The van der Waals surface area contributed by atoms with Crippen LogP contribution in [0.15, 0.2) is 24.3 Å². The van der Waals surface area contributed by atoms with E-state index in [1.54, 1.807) is 0 Å². The molecule has 15 heavy (non-hydrogen) atoms. The fourth-order valence-electron chi connectivity index (χ4n) is 1.41. The Morgan fingerprint density at radius 2 is 1.73 bits per heavy atom. The summed E-state index contributed by atoms with van der Waals surface area (Å²) in [5, 5.41) is 0. The summed E-state index contributed by atoms with van der Waals surface area (Å²) in [6.45, 7) is 2.24. The number of rotatable bonds is 7. The normalized spacial score (nSPS) is 10.5.